The second kappa shape index (κ2) is 10.2. The van der Waals surface area contributed by atoms with E-state index < -0.39 is 18.0 Å². The van der Waals surface area contributed by atoms with Crippen LogP contribution in [0, 0.1) is 0 Å². The number of phenolic OH excluding ortho intramolecular Hbond substituents is 1. The Morgan fingerprint density at radius 3 is 2.61 bits per heavy atom. The average molecular weight is 384 g/mol. The third-order valence-electron chi connectivity index (χ3n) is 4.23. The molecule has 0 aliphatic rings. The van der Waals surface area contributed by atoms with Crippen molar-refractivity contribution in [3.8, 4) is 11.5 Å². The molecule has 2 rings (SSSR count). The van der Waals surface area contributed by atoms with Crippen molar-refractivity contribution in [1.82, 2.24) is 0 Å². The van der Waals surface area contributed by atoms with Gasteiger partial charge in [-0.1, -0.05) is 37.6 Å². The zero-order valence-electron chi connectivity index (χ0n) is 15.9. The molecule has 0 saturated carbocycles. The second-order valence-corrected chi connectivity index (χ2v) is 6.22. The van der Waals surface area contributed by atoms with E-state index in [1.807, 2.05) is 6.92 Å². The standard InChI is InChI=1S/C22H24O6/c1-3-4-9-19(16-7-5-6-8-17(16)22(25)26)28-21(24)13-11-15-10-12-18(23)20(14-15)27-2/h5-8,10-14,19,23H,3-4,9H2,1-2H3,(H,25,26)/b13-11+. The van der Waals surface area contributed by atoms with Gasteiger partial charge in [-0.05, 0) is 42.7 Å². The van der Waals surface area contributed by atoms with Crippen LogP contribution in [-0.2, 0) is 9.53 Å². The van der Waals surface area contributed by atoms with Gasteiger partial charge >= 0.3 is 11.9 Å². The second-order valence-electron chi connectivity index (χ2n) is 6.22. The van der Waals surface area contributed by atoms with E-state index in [1.54, 1.807) is 36.4 Å². The quantitative estimate of drug-likeness (QED) is 0.485. The highest BCUT2D eigenvalue weighted by atomic mass is 16.5. The first-order chi connectivity index (χ1) is 13.5. The van der Waals surface area contributed by atoms with Crippen LogP contribution in [0.15, 0.2) is 48.5 Å². The molecule has 0 bridgehead atoms. The largest absolute Gasteiger partial charge is 0.504 e. The van der Waals surface area contributed by atoms with Crippen LogP contribution in [0.2, 0.25) is 0 Å². The van der Waals surface area contributed by atoms with E-state index in [2.05, 4.69) is 0 Å². The average Bonchev–Trinajstić information content (AvgIpc) is 2.70. The predicted octanol–water partition coefficient (Wildman–Crippen LogP) is 4.59. The number of unbranched alkanes of at least 4 members (excludes halogenated alkanes) is 1. The molecule has 0 aliphatic carbocycles. The number of phenols is 1. The monoisotopic (exact) mass is 384 g/mol. The van der Waals surface area contributed by atoms with E-state index in [4.69, 9.17) is 9.47 Å². The highest BCUT2D eigenvalue weighted by Gasteiger charge is 2.21. The summed E-state index contributed by atoms with van der Waals surface area (Å²) in [6.45, 7) is 2.01. The minimum atomic E-state index is -1.06. The van der Waals surface area contributed by atoms with Crippen LogP contribution in [0.5, 0.6) is 11.5 Å². The lowest BCUT2D eigenvalue weighted by molar-refractivity contribution is -0.143. The molecule has 0 amide bonds. The summed E-state index contributed by atoms with van der Waals surface area (Å²) in [6, 6.07) is 11.2. The molecule has 0 fully saturated rings. The molecule has 0 heterocycles. The Kier molecular flexibility index (Phi) is 7.63. The van der Waals surface area contributed by atoms with Gasteiger partial charge in [0.05, 0.1) is 12.7 Å². The van der Waals surface area contributed by atoms with E-state index >= 15 is 0 Å². The SMILES string of the molecule is CCCCC(OC(=O)/C=C/c1ccc(O)c(OC)c1)c1ccccc1C(=O)O. The zero-order chi connectivity index (χ0) is 20.5. The number of carbonyl (C=O) groups is 2. The van der Waals surface area contributed by atoms with Crippen LogP contribution >= 0.6 is 0 Å². The molecule has 2 N–H and O–H groups in total. The maximum atomic E-state index is 12.3. The molecular weight excluding hydrogens is 360 g/mol. The predicted molar refractivity (Wildman–Crippen MR) is 105 cm³/mol. The molecule has 1 atom stereocenters. The highest BCUT2D eigenvalue weighted by molar-refractivity contribution is 5.90. The molecule has 0 radical (unpaired) electrons. The van der Waals surface area contributed by atoms with Crippen molar-refractivity contribution in [2.45, 2.75) is 32.3 Å². The van der Waals surface area contributed by atoms with Crippen molar-refractivity contribution in [3.05, 3.63) is 65.2 Å². The number of methoxy groups -OCH3 is 1. The fraction of sp³-hybridized carbons (Fsp3) is 0.273. The number of carboxylic acids is 1. The molecule has 0 aliphatic heterocycles. The van der Waals surface area contributed by atoms with Gasteiger partial charge in [-0.3, -0.25) is 0 Å². The van der Waals surface area contributed by atoms with Crippen LogP contribution < -0.4 is 4.74 Å². The minimum Gasteiger partial charge on any atom is -0.504 e. The minimum absolute atomic E-state index is 0.00661. The number of hydrogen-bond acceptors (Lipinski definition) is 5. The van der Waals surface area contributed by atoms with Gasteiger partial charge in [0.15, 0.2) is 11.5 Å². The van der Waals surface area contributed by atoms with Crippen LogP contribution in [0.1, 0.15) is 53.8 Å². The van der Waals surface area contributed by atoms with Crippen LogP contribution in [-0.4, -0.2) is 29.3 Å². The van der Waals surface area contributed by atoms with Crippen molar-refractivity contribution < 1.29 is 29.3 Å². The molecule has 2 aromatic carbocycles. The van der Waals surface area contributed by atoms with Crippen LogP contribution in [0.4, 0.5) is 0 Å². The summed E-state index contributed by atoms with van der Waals surface area (Å²) >= 11 is 0. The third-order valence-corrected chi connectivity index (χ3v) is 4.23. The topological polar surface area (TPSA) is 93.1 Å². The number of aromatic hydroxyl groups is 1. The van der Waals surface area contributed by atoms with Crippen molar-refractivity contribution >= 4 is 18.0 Å². The van der Waals surface area contributed by atoms with Gasteiger partial charge in [-0.15, -0.1) is 0 Å². The molecule has 1 unspecified atom stereocenters. The summed E-state index contributed by atoms with van der Waals surface area (Å²) in [6.07, 6.45) is 4.40. The van der Waals surface area contributed by atoms with Crippen LogP contribution in [0.25, 0.3) is 6.08 Å². The van der Waals surface area contributed by atoms with Crippen molar-refractivity contribution in [2.24, 2.45) is 0 Å². The summed E-state index contributed by atoms with van der Waals surface area (Å²) in [5, 5.41) is 19.0. The third kappa shape index (κ3) is 5.61. The maximum Gasteiger partial charge on any atom is 0.336 e. The van der Waals surface area contributed by atoms with E-state index in [-0.39, 0.29) is 11.3 Å². The Bertz CT molecular complexity index is 856. The van der Waals surface area contributed by atoms with Gasteiger partial charge in [-0.25, -0.2) is 9.59 Å². The molecular formula is C22H24O6. The summed E-state index contributed by atoms with van der Waals surface area (Å²) in [7, 11) is 1.44. The molecule has 2 aromatic rings. The number of esters is 1. The first-order valence-electron chi connectivity index (χ1n) is 9.04. The van der Waals surface area contributed by atoms with E-state index in [0.29, 0.717) is 23.3 Å². The smallest absolute Gasteiger partial charge is 0.336 e. The van der Waals surface area contributed by atoms with Gasteiger partial charge in [0.25, 0.3) is 0 Å². The summed E-state index contributed by atoms with van der Waals surface area (Å²) in [4.78, 5) is 23.8. The molecule has 0 aromatic heterocycles. The zero-order valence-corrected chi connectivity index (χ0v) is 15.9. The van der Waals surface area contributed by atoms with Crippen molar-refractivity contribution in [2.75, 3.05) is 7.11 Å². The molecule has 0 saturated heterocycles. The van der Waals surface area contributed by atoms with E-state index in [9.17, 15) is 19.8 Å². The first kappa shape index (κ1) is 21.0. The number of carbonyl (C=O) groups excluding carboxylic acids is 1. The number of ether oxygens (including phenoxy) is 2. The number of aromatic carboxylic acids is 1. The number of rotatable bonds is 9. The summed E-state index contributed by atoms with van der Waals surface area (Å²) < 4.78 is 10.6. The lowest BCUT2D eigenvalue weighted by Crippen LogP contribution is -2.13. The molecule has 6 nitrogen and oxygen atoms in total. The summed E-state index contributed by atoms with van der Waals surface area (Å²) in [5.74, 6) is -1.33. The number of hydrogen-bond donors (Lipinski definition) is 2. The normalized spacial score (nSPS) is 11.9. The molecule has 0 spiro atoms. The lowest BCUT2D eigenvalue weighted by Gasteiger charge is -2.19. The Balaban J connectivity index is 2.18. The van der Waals surface area contributed by atoms with Gasteiger partial charge in [0, 0.05) is 11.6 Å². The lowest BCUT2D eigenvalue weighted by atomic mass is 9.98. The van der Waals surface area contributed by atoms with Crippen molar-refractivity contribution in [3.63, 3.8) is 0 Å². The van der Waals surface area contributed by atoms with E-state index in [0.717, 1.165) is 12.8 Å². The number of benzene rings is 2. The molecule has 6 heteroatoms. The van der Waals surface area contributed by atoms with Gasteiger partial charge in [0.1, 0.15) is 6.10 Å². The molecule has 28 heavy (non-hydrogen) atoms. The number of carboxylic acid groups (broad SMARTS) is 1. The Morgan fingerprint density at radius 1 is 1.18 bits per heavy atom. The maximum absolute atomic E-state index is 12.3. The first-order valence-corrected chi connectivity index (χ1v) is 9.04. The van der Waals surface area contributed by atoms with Gasteiger partial charge < -0.3 is 19.7 Å². The van der Waals surface area contributed by atoms with Gasteiger partial charge in [0.2, 0.25) is 0 Å². The summed E-state index contributed by atoms with van der Waals surface area (Å²) in [5.41, 5.74) is 1.27. The Labute approximate surface area is 164 Å². The van der Waals surface area contributed by atoms with Crippen LogP contribution in [0.3, 0.4) is 0 Å². The van der Waals surface area contributed by atoms with E-state index in [1.165, 1.54) is 25.3 Å². The fourth-order valence-electron chi connectivity index (χ4n) is 2.78. The van der Waals surface area contributed by atoms with Crippen molar-refractivity contribution in [1.29, 1.82) is 0 Å². The fourth-order valence-corrected chi connectivity index (χ4v) is 2.78. The molecule has 148 valence electrons. The Hall–Kier alpha value is -3.28. The Morgan fingerprint density at radius 2 is 1.93 bits per heavy atom. The van der Waals surface area contributed by atoms with Gasteiger partial charge in [-0.2, -0.15) is 0 Å². The highest BCUT2D eigenvalue weighted by Crippen LogP contribution is 2.28.